The van der Waals surface area contributed by atoms with Crippen LogP contribution in [0, 0.1) is 0 Å². The summed E-state index contributed by atoms with van der Waals surface area (Å²) in [6.07, 6.45) is 0. The van der Waals surface area contributed by atoms with Gasteiger partial charge in [0.1, 0.15) is 0 Å². The zero-order valence-corrected chi connectivity index (χ0v) is 57.4. The molecule has 0 spiro atoms. The molecule has 6 aromatic heterocycles. The molecule has 0 saturated heterocycles. The third-order valence-corrected chi connectivity index (χ3v) is 21.2. The summed E-state index contributed by atoms with van der Waals surface area (Å²) >= 11 is 0. The Morgan fingerprint density at radius 2 is 0.330 bits per heavy atom. The van der Waals surface area contributed by atoms with Gasteiger partial charge in [-0.1, -0.05) is 224 Å². The van der Waals surface area contributed by atoms with Crippen LogP contribution in [0.25, 0.3) is 200 Å². The van der Waals surface area contributed by atoms with Crippen LogP contribution in [0.5, 0.6) is 0 Å². The van der Waals surface area contributed by atoms with Gasteiger partial charge >= 0.3 is 0 Å². The summed E-state index contributed by atoms with van der Waals surface area (Å²) in [6, 6.07) is 135. The molecule has 21 aromatic rings. The number of hydrogen-bond donors (Lipinski definition) is 0. The second-order valence-corrected chi connectivity index (χ2v) is 27.3. The summed E-state index contributed by atoms with van der Waals surface area (Å²) in [7, 11) is 0. The number of rotatable bonds is 12. The van der Waals surface area contributed by atoms with Crippen LogP contribution in [-0.2, 0) is 0 Å². The molecule has 0 saturated carbocycles. The number of fused-ring (bicyclic) bond motifs is 12. The quantitative estimate of drug-likeness (QED) is 0.122. The van der Waals surface area contributed by atoms with E-state index < -0.39 is 0 Å². The molecule has 0 N–H and O–H groups in total. The van der Waals surface area contributed by atoms with Crippen molar-refractivity contribution in [2.24, 2.45) is 0 Å². The van der Waals surface area contributed by atoms with Crippen LogP contribution in [0.15, 0.2) is 376 Å². The van der Waals surface area contributed by atoms with E-state index in [4.69, 9.17) is 19.9 Å². The van der Waals surface area contributed by atoms with E-state index in [2.05, 4.69) is 394 Å². The van der Waals surface area contributed by atoms with E-state index in [1.54, 1.807) is 0 Å². The maximum absolute atomic E-state index is 5.44. The predicted molar refractivity (Wildman–Crippen MR) is 438 cm³/mol. The maximum atomic E-state index is 5.44. The summed E-state index contributed by atoms with van der Waals surface area (Å²) in [5.74, 6) is 1.29. The van der Waals surface area contributed by atoms with Crippen molar-refractivity contribution < 1.29 is 0 Å². The Kier molecular flexibility index (Phi) is 14.1. The lowest BCUT2D eigenvalue weighted by molar-refractivity contribution is 1.16. The molecule has 8 heteroatoms. The van der Waals surface area contributed by atoms with Crippen LogP contribution in [0.4, 0.5) is 0 Å². The van der Waals surface area contributed by atoms with Crippen LogP contribution < -0.4 is 0 Å². The van der Waals surface area contributed by atoms with Gasteiger partial charge in [-0.2, -0.15) is 0 Å². The van der Waals surface area contributed by atoms with E-state index in [0.717, 1.165) is 123 Å². The molecule has 0 atom stereocenters. The average Bonchev–Trinajstić information content (AvgIpc) is 1.61. The molecule has 0 amide bonds. The van der Waals surface area contributed by atoms with Crippen LogP contribution in [0.3, 0.4) is 0 Å². The van der Waals surface area contributed by atoms with Gasteiger partial charge in [-0.3, -0.25) is 0 Å². The van der Waals surface area contributed by atoms with E-state index >= 15 is 0 Å². The SMILES string of the molecule is c1cc(-c2cccc(-c3cc(-c4ccc(-n5c6ccccc6c6ccccc65)cc4)nc(-c4ccc(-n5c6ccccc6c6ccccc65)cc4)n3)c2)cc(-c2cccc(-c3cc(-c4ccc(-n5c6ccccc6c6ccccc65)cc4)nc(-c4ccc(-n5c6ccccc6c6ccccc65)cc4)n3)c2)c1. The molecular formula is C98H62N8. The molecule has 494 valence electrons. The fourth-order valence-corrected chi connectivity index (χ4v) is 16.2. The molecule has 0 aliphatic heterocycles. The monoisotopic (exact) mass is 1350 g/mol. The van der Waals surface area contributed by atoms with Crippen molar-refractivity contribution in [2.45, 2.75) is 0 Å². The Hall–Kier alpha value is -14.3. The highest BCUT2D eigenvalue weighted by Gasteiger charge is 2.21. The molecule has 15 aromatic carbocycles. The first-order chi connectivity index (χ1) is 52.5. The zero-order chi connectivity index (χ0) is 69.8. The summed E-state index contributed by atoms with van der Waals surface area (Å²) in [5, 5.41) is 9.82. The topological polar surface area (TPSA) is 71.3 Å². The minimum atomic E-state index is 0.643. The highest BCUT2D eigenvalue weighted by molar-refractivity contribution is 6.12. The number of nitrogens with zero attached hydrogens (tertiary/aromatic N) is 8. The van der Waals surface area contributed by atoms with Crippen molar-refractivity contribution in [1.29, 1.82) is 0 Å². The fourth-order valence-electron chi connectivity index (χ4n) is 16.2. The molecule has 0 aliphatic carbocycles. The van der Waals surface area contributed by atoms with Gasteiger partial charge in [-0.25, -0.2) is 19.9 Å². The highest BCUT2D eigenvalue weighted by atomic mass is 15.0. The van der Waals surface area contributed by atoms with Crippen molar-refractivity contribution in [3.8, 4) is 113 Å². The molecule has 0 aliphatic rings. The van der Waals surface area contributed by atoms with Crippen LogP contribution in [0.1, 0.15) is 0 Å². The van der Waals surface area contributed by atoms with Gasteiger partial charge in [-0.15, -0.1) is 0 Å². The molecule has 0 fully saturated rings. The first kappa shape index (κ1) is 60.4. The van der Waals surface area contributed by atoms with Gasteiger partial charge in [-0.05, 0) is 174 Å². The number of para-hydroxylation sites is 8. The third-order valence-electron chi connectivity index (χ3n) is 21.2. The molecule has 6 heterocycles. The molecule has 21 rings (SSSR count). The molecule has 8 nitrogen and oxygen atoms in total. The normalized spacial score (nSPS) is 11.8. The molecule has 106 heavy (non-hydrogen) atoms. The molecule has 0 bridgehead atoms. The lowest BCUT2D eigenvalue weighted by Gasteiger charge is -2.13. The molecule has 0 unspecified atom stereocenters. The van der Waals surface area contributed by atoms with Crippen molar-refractivity contribution in [2.75, 3.05) is 0 Å². The Balaban J connectivity index is 0.640. The Labute approximate surface area is 610 Å². The second kappa shape index (κ2) is 24.7. The van der Waals surface area contributed by atoms with Gasteiger partial charge in [0, 0.05) is 99.2 Å². The zero-order valence-electron chi connectivity index (χ0n) is 57.4. The smallest absolute Gasteiger partial charge is 0.160 e. The van der Waals surface area contributed by atoms with E-state index in [0.29, 0.717) is 11.6 Å². The Bertz CT molecular complexity index is 6070. The lowest BCUT2D eigenvalue weighted by Crippen LogP contribution is -1.98. The largest absolute Gasteiger partial charge is 0.309 e. The van der Waals surface area contributed by atoms with Crippen molar-refractivity contribution >= 4 is 87.2 Å². The molecular weight excluding hydrogens is 1290 g/mol. The minimum absolute atomic E-state index is 0.643. The third kappa shape index (κ3) is 10.1. The van der Waals surface area contributed by atoms with Gasteiger partial charge < -0.3 is 18.3 Å². The lowest BCUT2D eigenvalue weighted by atomic mass is 9.96. The number of benzene rings is 15. The Morgan fingerprint density at radius 3 is 0.566 bits per heavy atom. The summed E-state index contributed by atoms with van der Waals surface area (Å²) in [5.41, 5.74) is 27.0. The summed E-state index contributed by atoms with van der Waals surface area (Å²) in [4.78, 5) is 21.7. The average molecular weight is 1350 g/mol. The van der Waals surface area contributed by atoms with Crippen LogP contribution in [-0.4, -0.2) is 38.2 Å². The van der Waals surface area contributed by atoms with Gasteiger partial charge in [0.15, 0.2) is 11.6 Å². The van der Waals surface area contributed by atoms with Gasteiger partial charge in [0.2, 0.25) is 0 Å². The summed E-state index contributed by atoms with van der Waals surface area (Å²) in [6.45, 7) is 0. The van der Waals surface area contributed by atoms with Crippen molar-refractivity contribution in [3.05, 3.63) is 376 Å². The van der Waals surface area contributed by atoms with Crippen molar-refractivity contribution in [3.63, 3.8) is 0 Å². The van der Waals surface area contributed by atoms with Crippen LogP contribution in [0.2, 0.25) is 0 Å². The first-order valence-corrected chi connectivity index (χ1v) is 36.0. The summed E-state index contributed by atoms with van der Waals surface area (Å²) < 4.78 is 9.40. The number of hydrogen-bond acceptors (Lipinski definition) is 4. The van der Waals surface area contributed by atoms with E-state index in [-0.39, 0.29) is 0 Å². The molecule has 0 radical (unpaired) electrons. The van der Waals surface area contributed by atoms with Crippen molar-refractivity contribution in [1.82, 2.24) is 38.2 Å². The van der Waals surface area contributed by atoms with E-state index in [1.165, 1.54) is 65.2 Å². The number of aromatic nitrogens is 8. The first-order valence-electron chi connectivity index (χ1n) is 36.0. The van der Waals surface area contributed by atoms with Gasteiger partial charge in [0.25, 0.3) is 0 Å². The maximum Gasteiger partial charge on any atom is 0.160 e. The minimum Gasteiger partial charge on any atom is -0.309 e. The van der Waals surface area contributed by atoms with E-state index in [9.17, 15) is 0 Å². The second-order valence-electron chi connectivity index (χ2n) is 27.3. The Morgan fingerprint density at radius 1 is 0.142 bits per heavy atom. The van der Waals surface area contributed by atoms with Crippen LogP contribution >= 0.6 is 0 Å². The standard InChI is InChI=1S/C98H62N8/c1-9-34-89-77(26-1)78-27-2-10-35-90(78)103(89)73-50-42-63(43-51-73)85-61-87(101-97(99-85)65-46-54-75(55-47-65)105-93-38-13-5-30-81(93)82-31-6-14-39-94(82)105)71-24-18-22-69(59-71)67-20-17-21-68(58-67)70-23-19-25-72(60-70)88-62-86(64-44-52-74(53-45-64)104-91-36-11-3-28-79(91)80-29-4-12-37-92(80)104)100-98(102-88)66-48-56-76(57-49-66)106-95-40-15-7-32-83(95)84-33-8-16-41-96(84)106/h1-62H. The predicted octanol–water partition coefficient (Wildman–Crippen LogP) is 25.0. The fraction of sp³-hybridized carbons (Fsp3) is 0. The highest BCUT2D eigenvalue weighted by Crippen LogP contribution is 2.41. The van der Waals surface area contributed by atoms with E-state index in [1.807, 2.05) is 0 Å². The van der Waals surface area contributed by atoms with Gasteiger partial charge in [0.05, 0.1) is 66.9 Å².